The summed E-state index contributed by atoms with van der Waals surface area (Å²) < 4.78 is 45.9. The number of ether oxygens (including phenoxy) is 2. The van der Waals surface area contributed by atoms with Crippen LogP contribution in [0.4, 0.5) is 13.2 Å². The van der Waals surface area contributed by atoms with Gasteiger partial charge in [0.05, 0.1) is 25.4 Å². The molecular weight excluding hydrogens is 391 g/mol. The number of alkyl halides is 3. The van der Waals surface area contributed by atoms with Crippen LogP contribution in [0.5, 0.6) is 0 Å². The monoisotopic (exact) mass is 421 g/mol. The molecule has 10 heteroatoms. The number of carboxylic acids is 1. The predicted molar refractivity (Wildman–Crippen MR) is 99.3 cm³/mol. The predicted octanol–water partition coefficient (Wildman–Crippen LogP) is 2.85. The maximum atomic E-state index is 10.6. The molecule has 2 aliphatic heterocycles. The lowest BCUT2D eigenvalue weighted by Gasteiger charge is -2.36. The number of likely N-dealkylation sites (tertiary alicyclic amines) is 1. The number of hydrogen-bond donors (Lipinski definition) is 1. The average molecular weight is 421 g/mol. The third kappa shape index (κ3) is 7.27. The second-order valence-electron chi connectivity index (χ2n) is 7.89. The van der Waals surface area contributed by atoms with E-state index in [9.17, 15) is 13.2 Å². The summed E-state index contributed by atoms with van der Waals surface area (Å²) in [5.41, 5.74) is 0. The van der Waals surface area contributed by atoms with Crippen molar-refractivity contribution in [3.05, 3.63) is 18.2 Å². The number of aryl methyl sites for hydroxylation is 1. The Balaban J connectivity index is 0.000000370. The number of halogens is 3. The Hall–Kier alpha value is -1.65. The fraction of sp³-hybridized carbons (Fsp3) is 0.789. The van der Waals surface area contributed by atoms with Crippen molar-refractivity contribution in [2.24, 2.45) is 13.0 Å². The van der Waals surface area contributed by atoms with Crippen LogP contribution in [0, 0.1) is 5.92 Å². The molecule has 2 fully saturated rings. The van der Waals surface area contributed by atoms with Crippen LogP contribution in [-0.2, 0) is 27.9 Å². The van der Waals surface area contributed by atoms with E-state index in [0.717, 1.165) is 45.0 Å². The summed E-state index contributed by atoms with van der Waals surface area (Å²) in [6.07, 6.45) is 2.93. The van der Waals surface area contributed by atoms with Crippen molar-refractivity contribution in [2.45, 2.75) is 64.1 Å². The van der Waals surface area contributed by atoms with Crippen molar-refractivity contribution in [3.8, 4) is 0 Å². The first kappa shape index (κ1) is 23.6. The number of imidazole rings is 1. The molecular formula is C19H30F3N3O4. The van der Waals surface area contributed by atoms with E-state index >= 15 is 0 Å². The van der Waals surface area contributed by atoms with E-state index in [1.54, 1.807) is 0 Å². The van der Waals surface area contributed by atoms with Crippen molar-refractivity contribution in [1.29, 1.82) is 0 Å². The average Bonchev–Trinajstić information content (AvgIpc) is 3.21. The molecule has 1 aromatic rings. The van der Waals surface area contributed by atoms with Crippen LogP contribution < -0.4 is 0 Å². The van der Waals surface area contributed by atoms with Gasteiger partial charge in [0.15, 0.2) is 0 Å². The Morgan fingerprint density at radius 1 is 1.38 bits per heavy atom. The van der Waals surface area contributed by atoms with Crippen LogP contribution in [0.15, 0.2) is 12.4 Å². The van der Waals surface area contributed by atoms with Crippen molar-refractivity contribution in [1.82, 2.24) is 14.5 Å². The summed E-state index contributed by atoms with van der Waals surface area (Å²) in [6, 6.07) is 0.554. The SMILES string of the molecule is CC(C)COC[C@@H]1CC[C@H]2[C@H](CCN2Cc2nccn2C)O1.O=C(O)C(F)(F)F. The van der Waals surface area contributed by atoms with Gasteiger partial charge in [0.25, 0.3) is 0 Å². The minimum Gasteiger partial charge on any atom is -0.475 e. The minimum absolute atomic E-state index is 0.285. The topological polar surface area (TPSA) is 76.8 Å². The molecule has 3 atom stereocenters. The fourth-order valence-corrected chi connectivity index (χ4v) is 3.57. The zero-order valence-electron chi connectivity index (χ0n) is 17.1. The summed E-state index contributed by atoms with van der Waals surface area (Å²) >= 11 is 0. The zero-order chi connectivity index (χ0) is 21.6. The van der Waals surface area contributed by atoms with E-state index in [1.807, 2.05) is 12.4 Å². The molecule has 0 saturated carbocycles. The smallest absolute Gasteiger partial charge is 0.475 e. The lowest BCUT2D eigenvalue weighted by Crippen LogP contribution is -2.43. The summed E-state index contributed by atoms with van der Waals surface area (Å²) in [6.45, 7) is 8.00. The highest BCUT2D eigenvalue weighted by Crippen LogP contribution is 2.32. The van der Waals surface area contributed by atoms with Crippen molar-refractivity contribution in [3.63, 3.8) is 0 Å². The van der Waals surface area contributed by atoms with Gasteiger partial charge in [0, 0.05) is 38.6 Å². The Morgan fingerprint density at radius 3 is 2.62 bits per heavy atom. The van der Waals surface area contributed by atoms with Gasteiger partial charge in [0.2, 0.25) is 0 Å². The zero-order valence-corrected chi connectivity index (χ0v) is 17.1. The van der Waals surface area contributed by atoms with Gasteiger partial charge < -0.3 is 19.1 Å². The Morgan fingerprint density at radius 2 is 2.07 bits per heavy atom. The van der Waals surface area contributed by atoms with Gasteiger partial charge in [0.1, 0.15) is 5.82 Å². The highest BCUT2D eigenvalue weighted by atomic mass is 19.4. The molecule has 3 rings (SSSR count). The van der Waals surface area contributed by atoms with Gasteiger partial charge in [-0.3, -0.25) is 4.90 Å². The van der Waals surface area contributed by atoms with E-state index in [-0.39, 0.29) is 6.10 Å². The van der Waals surface area contributed by atoms with E-state index in [1.165, 1.54) is 6.42 Å². The maximum Gasteiger partial charge on any atom is 0.490 e. The van der Waals surface area contributed by atoms with Crippen LogP contribution in [0.2, 0.25) is 0 Å². The summed E-state index contributed by atoms with van der Waals surface area (Å²) in [4.78, 5) is 15.9. The van der Waals surface area contributed by atoms with Crippen molar-refractivity contribution >= 4 is 5.97 Å². The van der Waals surface area contributed by atoms with Gasteiger partial charge >= 0.3 is 12.1 Å². The van der Waals surface area contributed by atoms with Gasteiger partial charge in [-0.15, -0.1) is 0 Å². The van der Waals surface area contributed by atoms with Gasteiger partial charge in [-0.25, -0.2) is 9.78 Å². The summed E-state index contributed by atoms with van der Waals surface area (Å²) in [5, 5.41) is 7.12. The summed E-state index contributed by atoms with van der Waals surface area (Å²) in [7, 11) is 2.06. The maximum absolute atomic E-state index is 10.6. The molecule has 1 aromatic heterocycles. The van der Waals surface area contributed by atoms with E-state index in [2.05, 4.69) is 35.3 Å². The number of aliphatic carboxylic acids is 1. The molecule has 0 unspecified atom stereocenters. The minimum atomic E-state index is -5.08. The van der Waals surface area contributed by atoms with Crippen molar-refractivity contribution in [2.75, 3.05) is 19.8 Å². The Kier molecular flexibility index (Phi) is 8.47. The number of carboxylic acid groups (broad SMARTS) is 1. The lowest BCUT2D eigenvalue weighted by atomic mass is 9.99. The molecule has 2 saturated heterocycles. The van der Waals surface area contributed by atoms with Crippen molar-refractivity contribution < 1.29 is 32.5 Å². The lowest BCUT2D eigenvalue weighted by molar-refractivity contribution is -0.192. The second-order valence-corrected chi connectivity index (χ2v) is 7.89. The molecule has 0 aliphatic carbocycles. The molecule has 1 N–H and O–H groups in total. The number of aromatic nitrogens is 2. The number of nitrogens with zero attached hydrogens (tertiary/aromatic N) is 3. The molecule has 0 radical (unpaired) electrons. The van der Waals surface area contributed by atoms with E-state index in [0.29, 0.717) is 18.1 Å². The van der Waals surface area contributed by atoms with Crippen LogP contribution in [0.1, 0.15) is 38.9 Å². The highest BCUT2D eigenvalue weighted by molar-refractivity contribution is 5.73. The first-order valence-electron chi connectivity index (χ1n) is 9.81. The molecule has 0 bridgehead atoms. The standard InChI is InChI=1S/C17H29N3O2.C2HF3O2/c1-13(2)11-21-12-14-4-5-15-16(22-14)6-8-20(15)10-17-18-7-9-19(17)3;3-2(4,5)1(6)7/h7,9,13-16H,4-6,8,10-12H2,1-3H3;(H,6,7)/t14-,15-,16-;/m0./s1. The largest absolute Gasteiger partial charge is 0.490 e. The number of hydrogen-bond acceptors (Lipinski definition) is 5. The third-order valence-corrected chi connectivity index (χ3v) is 5.01. The first-order valence-corrected chi connectivity index (χ1v) is 9.81. The Bertz CT molecular complexity index is 651. The molecule has 166 valence electrons. The molecule has 7 nitrogen and oxygen atoms in total. The molecule has 0 spiro atoms. The quantitative estimate of drug-likeness (QED) is 0.761. The second kappa shape index (κ2) is 10.4. The highest BCUT2D eigenvalue weighted by Gasteiger charge is 2.40. The third-order valence-electron chi connectivity index (χ3n) is 5.01. The van der Waals surface area contributed by atoms with Crippen LogP contribution >= 0.6 is 0 Å². The molecule has 0 amide bonds. The normalized spacial score (nSPS) is 24.9. The molecule has 3 heterocycles. The molecule has 0 aromatic carbocycles. The molecule has 2 aliphatic rings. The first-order chi connectivity index (χ1) is 13.6. The molecule has 29 heavy (non-hydrogen) atoms. The fourth-order valence-electron chi connectivity index (χ4n) is 3.57. The van der Waals surface area contributed by atoms with Gasteiger partial charge in [-0.05, 0) is 25.2 Å². The van der Waals surface area contributed by atoms with Crippen LogP contribution in [-0.4, -0.2) is 69.7 Å². The Labute approximate surface area is 168 Å². The number of fused-ring (bicyclic) bond motifs is 1. The van der Waals surface area contributed by atoms with Crippen LogP contribution in [0.25, 0.3) is 0 Å². The van der Waals surface area contributed by atoms with Crippen LogP contribution in [0.3, 0.4) is 0 Å². The van der Waals surface area contributed by atoms with E-state index < -0.39 is 12.1 Å². The van der Waals surface area contributed by atoms with Gasteiger partial charge in [-0.2, -0.15) is 13.2 Å². The van der Waals surface area contributed by atoms with E-state index in [4.69, 9.17) is 19.4 Å². The van der Waals surface area contributed by atoms with Gasteiger partial charge in [-0.1, -0.05) is 13.8 Å². The number of carbonyl (C=O) groups is 1. The number of rotatable bonds is 6. The summed E-state index contributed by atoms with van der Waals surface area (Å²) in [5.74, 6) is -1.02.